The maximum absolute atomic E-state index is 12.3. The second-order valence-electron chi connectivity index (χ2n) is 5.93. The maximum Gasteiger partial charge on any atom is 0.408 e. The highest BCUT2D eigenvalue weighted by Crippen LogP contribution is 2.06. The highest BCUT2D eigenvalue weighted by Gasteiger charge is 2.30. The van der Waals surface area contributed by atoms with E-state index < -0.39 is 42.4 Å². The van der Waals surface area contributed by atoms with Gasteiger partial charge in [0.25, 0.3) is 0 Å². The summed E-state index contributed by atoms with van der Waals surface area (Å²) in [5, 5.41) is 22.2. The number of carboxylic acids is 2. The first-order chi connectivity index (χ1) is 12.2. The molecule has 1 aromatic carbocycles. The monoisotopic (exact) mass is 366 g/mol. The van der Waals surface area contributed by atoms with Gasteiger partial charge in [0.05, 0.1) is 6.42 Å². The zero-order valence-corrected chi connectivity index (χ0v) is 14.5. The Morgan fingerprint density at radius 2 is 1.65 bits per heavy atom. The van der Waals surface area contributed by atoms with Crippen molar-refractivity contribution >= 4 is 23.9 Å². The topological polar surface area (TPSA) is 142 Å². The van der Waals surface area contributed by atoms with Gasteiger partial charge in [0, 0.05) is 0 Å². The predicted molar refractivity (Wildman–Crippen MR) is 90.2 cm³/mol. The molecule has 0 bridgehead atoms. The van der Waals surface area contributed by atoms with Crippen molar-refractivity contribution in [3.8, 4) is 0 Å². The molecule has 0 saturated heterocycles. The van der Waals surface area contributed by atoms with Crippen molar-refractivity contribution < 1.29 is 34.1 Å². The molecule has 0 fully saturated rings. The van der Waals surface area contributed by atoms with Gasteiger partial charge in [0.15, 0.2) is 0 Å². The third-order valence-corrected chi connectivity index (χ3v) is 3.43. The molecule has 2 atom stereocenters. The SMILES string of the molecule is CC(C)C(NC(=O)OCc1ccccc1)C(=O)NC(CC(=O)O)C(=O)O. The van der Waals surface area contributed by atoms with E-state index in [0.29, 0.717) is 0 Å². The number of alkyl carbamates (subject to hydrolysis) is 1. The molecule has 9 nitrogen and oxygen atoms in total. The lowest BCUT2D eigenvalue weighted by Crippen LogP contribution is -2.54. The van der Waals surface area contributed by atoms with Crippen molar-refractivity contribution in [2.24, 2.45) is 5.92 Å². The molecule has 0 aliphatic carbocycles. The number of hydrogen-bond donors (Lipinski definition) is 4. The fourth-order valence-corrected chi connectivity index (χ4v) is 2.06. The number of amides is 2. The van der Waals surface area contributed by atoms with Crippen LogP contribution in [0, 0.1) is 5.92 Å². The van der Waals surface area contributed by atoms with E-state index >= 15 is 0 Å². The Balaban J connectivity index is 2.65. The lowest BCUT2D eigenvalue weighted by molar-refractivity contribution is -0.147. The fraction of sp³-hybridized carbons (Fsp3) is 0.412. The zero-order valence-electron chi connectivity index (χ0n) is 14.5. The molecule has 2 amide bonds. The molecule has 9 heteroatoms. The molecule has 142 valence electrons. The molecule has 0 radical (unpaired) electrons. The fourth-order valence-electron chi connectivity index (χ4n) is 2.06. The number of aliphatic carboxylic acids is 2. The van der Waals surface area contributed by atoms with Gasteiger partial charge in [0.2, 0.25) is 5.91 Å². The first kappa shape index (κ1) is 20.9. The molecule has 2 unspecified atom stereocenters. The molecule has 0 aliphatic rings. The van der Waals surface area contributed by atoms with Crippen LogP contribution in [0.3, 0.4) is 0 Å². The number of hydrogen-bond acceptors (Lipinski definition) is 5. The van der Waals surface area contributed by atoms with Crippen molar-refractivity contribution in [2.75, 3.05) is 0 Å². The molecule has 1 rings (SSSR count). The summed E-state index contributed by atoms with van der Waals surface area (Å²) < 4.78 is 5.04. The summed E-state index contributed by atoms with van der Waals surface area (Å²) in [6, 6.07) is 6.26. The molecule has 26 heavy (non-hydrogen) atoms. The molecule has 0 aliphatic heterocycles. The lowest BCUT2D eigenvalue weighted by atomic mass is 10.0. The number of rotatable bonds is 9. The van der Waals surface area contributed by atoms with Gasteiger partial charge < -0.3 is 25.6 Å². The lowest BCUT2D eigenvalue weighted by Gasteiger charge is -2.23. The van der Waals surface area contributed by atoms with Gasteiger partial charge in [0.1, 0.15) is 18.7 Å². The minimum absolute atomic E-state index is 0.00979. The van der Waals surface area contributed by atoms with Crippen molar-refractivity contribution in [2.45, 2.75) is 39.0 Å². The van der Waals surface area contributed by atoms with E-state index in [1.54, 1.807) is 38.1 Å². The van der Waals surface area contributed by atoms with Crippen molar-refractivity contribution in [3.63, 3.8) is 0 Å². The highest BCUT2D eigenvalue weighted by molar-refractivity contribution is 5.91. The van der Waals surface area contributed by atoms with Gasteiger partial charge in [-0.3, -0.25) is 9.59 Å². The summed E-state index contributed by atoms with van der Waals surface area (Å²) in [4.78, 5) is 45.9. The first-order valence-electron chi connectivity index (χ1n) is 7.93. The van der Waals surface area contributed by atoms with Gasteiger partial charge in [-0.05, 0) is 11.5 Å². The Labute approximate surface area is 150 Å². The molecule has 0 spiro atoms. The zero-order chi connectivity index (χ0) is 19.7. The number of ether oxygens (including phenoxy) is 1. The van der Waals surface area contributed by atoms with E-state index in [2.05, 4.69) is 10.6 Å². The second kappa shape index (κ2) is 10.0. The maximum atomic E-state index is 12.3. The molecule has 0 aromatic heterocycles. The van der Waals surface area contributed by atoms with E-state index in [-0.39, 0.29) is 12.5 Å². The van der Waals surface area contributed by atoms with Crippen LogP contribution in [0.2, 0.25) is 0 Å². The summed E-state index contributed by atoms with van der Waals surface area (Å²) in [7, 11) is 0. The largest absolute Gasteiger partial charge is 0.481 e. The molecular weight excluding hydrogens is 344 g/mol. The Hall–Kier alpha value is -3.10. The molecular formula is C17H22N2O7. The molecule has 0 heterocycles. The van der Waals surface area contributed by atoms with Crippen LogP contribution in [0.5, 0.6) is 0 Å². The number of carboxylic acid groups (broad SMARTS) is 2. The van der Waals surface area contributed by atoms with Crippen LogP contribution in [0.4, 0.5) is 4.79 Å². The smallest absolute Gasteiger partial charge is 0.408 e. The minimum Gasteiger partial charge on any atom is -0.481 e. The van der Waals surface area contributed by atoms with E-state index in [9.17, 15) is 19.2 Å². The van der Waals surface area contributed by atoms with Gasteiger partial charge in [-0.1, -0.05) is 44.2 Å². The molecule has 4 N–H and O–H groups in total. The third-order valence-electron chi connectivity index (χ3n) is 3.43. The van der Waals surface area contributed by atoms with Gasteiger partial charge >= 0.3 is 18.0 Å². The molecule has 1 aromatic rings. The summed E-state index contributed by atoms with van der Waals surface area (Å²) >= 11 is 0. The van der Waals surface area contributed by atoms with Crippen LogP contribution in [0.1, 0.15) is 25.8 Å². The number of carbonyl (C=O) groups is 4. The molecule has 0 saturated carbocycles. The van der Waals surface area contributed by atoms with E-state index in [1.165, 1.54) is 0 Å². The summed E-state index contributed by atoms with van der Waals surface area (Å²) in [5.41, 5.74) is 0.764. The summed E-state index contributed by atoms with van der Waals surface area (Å²) in [6.07, 6.45) is -1.61. The number of carbonyl (C=O) groups excluding carboxylic acids is 2. The average molecular weight is 366 g/mol. The Morgan fingerprint density at radius 1 is 1.04 bits per heavy atom. The summed E-state index contributed by atoms with van der Waals surface area (Å²) in [5.74, 6) is -4.02. The highest BCUT2D eigenvalue weighted by atomic mass is 16.5. The first-order valence-corrected chi connectivity index (χ1v) is 7.93. The predicted octanol–water partition coefficient (Wildman–Crippen LogP) is 0.981. The standard InChI is InChI=1S/C17H22N2O7/c1-10(2)14(15(22)18-12(16(23)24)8-13(20)21)19-17(25)26-9-11-6-4-3-5-7-11/h3-7,10,12,14H,8-9H2,1-2H3,(H,18,22)(H,19,25)(H,20,21)(H,23,24). The van der Waals surface area contributed by atoms with Gasteiger partial charge in [-0.2, -0.15) is 0 Å². The van der Waals surface area contributed by atoms with Crippen LogP contribution >= 0.6 is 0 Å². The number of nitrogens with one attached hydrogen (secondary N) is 2. The third kappa shape index (κ3) is 7.20. The normalized spacial score (nSPS) is 12.7. The Kier molecular flexibility index (Phi) is 8.07. The van der Waals surface area contributed by atoms with E-state index in [1.807, 2.05) is 6.07 Å². The van der Waals surface area contributed by atoms with Gasteiger partial charge in [-0.15, -0.1) is 0 Å². The van der Waals surface area contributed by atoms with Crippen LogP contribution < -0.4 is 10.6 Å². The van der Waals surface area contributed by atoms with Gasteiger partial charge in [-0.25, -0.2) is 9.59 Å². The van der Waals surface area contributed by atoms with Crippen molar-refractivity contribution in [3.05, 3.63) is 35.9 Å². The van der Waals surface area contributed by atoms with Crippen molar-refractivity contribution in [1.29, 1.82) is 0 Å². The van der Waals surface area contributed by atoms with Crippen molar-refractivity contribution in [1.82, 2.24) is 10.6 Å². The van der Waals surface area contributed by atoms with Crippen LogP contribution in [0.25, 0.3) is 0 Å². The Morgan fingerprint density at radius 3 is 2.15 bits per heavy atom. The summed E-state index contributed by atoms with van der Waals surface area (Å²) in [6.45, 7) is 3.30. The van der Waals surface area contributed by atoms with E-state index in [4.69, 9.17) is 14.9 Å². The number of benzene rings is 1. The van der Waals surface area contributed by atoms with E-state index in [0.717, 1.165) is 5.56 Å². The van der Waals surface area contributed by atoms with Crippen LogP contribution in [0.15, 0.2) is 30.3 Å². The Bertz CT molecular complexity index is 646. The average Bonchev–Trinajstić information content (AvgIpc) is 2.57. The quantitative estimate of drug-likeness (QED) is 0.510. The van der Waals surface area contributed by atoms with Crippen LogP contribution in [-0.4, -0.2) is 46.2 Å². The second-order valence-corrected chi connectivity index (χ2v) is 5.93. The van der Waals surface area contributed by atoms with Crippen LogP contribution in [-0.2, 0) is 25.7 Å². The minimum atomic E-state index is -1.59.